The Kier molecular flexibility index (Phi) is 4.18. The van der Waals surface area contributed by atoms with E-state index in [1.807, 2.05) is 0 Å². The minimum atomic E-state index is 0.554. The Morgan fingerprint density at radius 3 is 2.86 bits per heavy atom. The summed E-state index contributed by atoms with van der Waals surface area (Å²) in [5, 5.41) is 0. The average Bonchev–Trinajstić information content (AvgIpc) is 2.60. The van der Waals surface area contributed by atoms with Crippen LogP contribution in [0.15, 0.2) is 17.8 Å². The van der Waals surface area contributed by atoms with Crippen molar-refractivity contribution in [2.75, 3.05) is 13.1 Å². The van der Waals surface area contributed by atoms with Crippen molar-refractivity contribution < 1.29 is 0 Å². The van der Waals surface area contributed by atoms with E-state index in [0.717, 1.165) is 25.4 Å². The third-order valence-corrected chi connectivity index (χ3v) is 3.02. The minimum absolute atomic E-state index is 0.554. The molecule has 0 amide bonds. The fraction of sp³-hybridized carbons (Fsp3) is 0.750. The summed E-state index contributed by atoms with van der Waals surface area (Å²) >= 11 is 0. The van der Waals surface area contributed by atoms with Crippen LogP contribution < -0.4 is 0 Å². The summed E-state index contributed by atoms with van der Waals surface area (Å²) in [6.45, 7) is 12.8. The van der Waals surface area contributed by atoms with E-state index in [2.05, 4.69) is 37.2 Å². The summed E-state index contributed by atoms with van der Waals surface area (Å²) in [5.41, 5.74) is 0. The van der Waals surface area contributed by atoms with Crippen molar-refractivity contribution >= 4 is 5.84 Å². The number of nitrogens with zero attached hydrogens (tertiary/aromatic N) is 2. The molecule has 2 heteroatoms. The molecule has 0 bridgehead atoms. The SMILES string of the molecule is C=CN=C(C(C)CC)N1CCC(C)C1. The van der Waals surface area contributed by atoms with Gasteiger partial charge in [0.05, 0.1) is 0 Å². The second-order valence-electron chi connectivity index (χ2n) is 4.32. The van der Waals surface area contributed by atoms with E-state index in [1.54, 1.807) is 6.20 Å². The normalized spacial score (nSPS) is 25.2. The monoisotopic (exact) mass is 194 g/mol. The van der Waals surface area contributed by atoms with Gasteiger partial charge in [0.25, 0.3) is 0 Å². The van der Waals surface area contributed by atoms with Crippen molar-refractivity contribution in [1.82, 2.24) is 4.90 Å². The lowest BCUT2D eigenvalue weighted by molar-refractivity contribution is 0.459. The van der Waals surface area contributed by atoms with Crippen LogP contribution in [0.3, 0.4) is 0 Å². The van der Waals surface area contributed by atoms with Crippen LogP contribution in [0.1, 0.15) is 33.6 Å². The molecule has 0 saturated carbocycles. The van der Waals surface area contributed by atoms with Gasteiger partial charge >= 0.3 is 0 Å². The second kappa shape index (κ2) is 5.18. The van der Waals surface area contributed by atoms with Crippen LogP contribution in [0.4, 0.5) is 0 Å². The summed E-state index contributed by atoms with van der Waals surface area (Å²) in [4.78, 5) is 6.84. The maximum absolute atomic E-state index is 4.42. The van der Waals surface area contributed by atoms with Gasteiger partial charge in [0.1, 0.15) is 5.84 Å². The summed E-state index contributed by atoms with van der Waals surface area (Å²) in [6.07, 6.45) is 4.12. The number of likely N-dealkylation sites (tertiary alicyclic amines) is 1. The first-order chi connectivity index (χ1) is 6.69. The highest BCUT2D eigenvalue weighted by atomic mass is 15.2. The van der Waals surface area contributed by atoms with Gasteiger partial charge in [0.15, 0.2) is 0 Å². The number of hydrogen-bond acceptors (Lipinski definition) is 1. The molecule has 1 aliphatic rings. The maximum Gasteiger partial charge on any atom is 0.107 e. The van der Waals surface area contributed by atoms with Crippen molar-refractivity contribution in [3.63, 3.8) is 0 Å². The van der Waals surface area contributed by atoms with Crippen molar-refractivity contribution in [1.29, 1.82) is 0 Å². The molecule has 80 valence electrons. The lowest BCUT2D eigenvalue weighted by Gasteiger charge is -2.24. The molecule has 0 aromatic rings. The molecule has 2 unspecified atom stereocenters. The molecule has 0 N–H and O–H groups in total. The van der Waals surface area contributed by atoms with Gasteiger partial charge < -0.3 is 4.90 Å². The van der Waals surface area contributed by atoms with Crippen molar-refractivity contribution in [3.05, 3.63) is 12.8 Å². The molecule has 0 aliphatic carbocycles. The smallest absolute Gasteiger partial charge is 0.107 e. The molecule has 1 saturated heterocycles. The van der Waals surface area contributed by atoms with Gasteiger partial charge in [-0.25, -0.2) is 4.99 Å². The Morgan fingerprint density at radius 1 is 1.71 bits per heavy atom. The molecule has 0 aromatic heterocycles. The highest BCUT2D eigenvalue weighted by Gasteiger charge is 2.23. The van der Waals surface area contributed by atoms with Gasteiger partial charge in [0.2, 0.25) is 0 Å². The first-order valence-electron chi connectivity index (χ1n) is 5.62. The topological polar surface area (TPSA) is 15.6 Å². The third-order valence-electron chi connectivity index (χ3n) is 3.02. The van der Waals surface area contributed by atoms with Gasteiger partial charge in [-0.1, -0.05) is 27.4 Å². The molecule has 0 radical (unpaired) electrons. The number of aliphatic imine (C=N–C) groups is 1. The highest BCUT2D eigenvalue weighted by Crippen LogP contribution is 2.19. The predicted octanol–water partition coefficient (Wildman–Crippen LogP) is 2.92. The standard InChI is InChI=1S/C12H22N2/c1-5-11(4)12(13-6-2)14-8-7-10(3)9-14/h6,10-11H,2,5,7-9H2,1,3-4H3. The van der Waals surface area contributed by atoms with E-state index in [0.29, 0.717) is 5.92 Å². The summed E-state index contributed by atoms with van der Waals surface area (Å²) in [5.74, 6) is 2.60. The molecule has 0 aromatic carbocycles. The molecular formula is C12H22N2. The quantitative estimate of drug-likeness (QED) is 0.498. The van der Waals surface area contributed by atoms with Crippen molar-refractivity contribution in [3.8, 4) is 0 Å². The summed E-state index contributed by atoms with van der Waals surface area (Å²) < 4.78 is 0. The Balaban J connectivity index is 2.68. The molecule has 1 fully saturated rings. The zero-order valence-electron chi connectivity index (χ0n) is 9.66. The molecule has 2 nitrogen and oxygen atoms in total. The Bertz CT molecular complexity index is 220. The van der Waals surface area contributed by atoms with Gasteiger partial charge in [-0.15, -0.1) is 0 Å². The molecule has 1 rings (SSSR count). The van der Waals surface area contributed by atoms with Crippen LogP contribution in [-0.2, 0) is 0 Å². The van der Waals surface area contributed by atoms with Crippen LogP contribution in [0.25, 0.3) is 0 Å². The minimum Gasteiger partial charge on any atom is -0.360 e. The first kappa shape index (κ1) is 11.3. The number of hydrogen-bond donors (Lipinski definition) is 0. The fourth-order valence-electron chi connectivity index (χ4n) is 1.94. The van der Waals surface area contributed by atoms with E-state index in [4.69, 9.17) is 0 Å². The number of rotatable bonds is 3. The lowest BCUT2D eigenvalue weighted by Crippen LogP contribution is -2.33. The lowest BCUT2D eigenvalue weighted by atomic mass is 10.1. The fourth-order valence-corrected chi connectivity index (χ4v) is 1.94. The zero-order valence-corrected chi connectivity index (χ0v) is 9.66. The Morgan fingerprint density at radius 2 is 2.43 bits per heavy atom. The van der Waals surface area contributed by atoms with E-state index >= 15 is 0 Å². The van der Waals surface area contributed by atoms with Crippen molar-refractivity contribution in [2.24, 2.45) is 16.8 Å². The van der Waals surface area contributed by atoms with Crippen LogP contribution in [0.5, 0.6) is 0 Å². The van der Waals surface area contributed by atoms with E-state index in [9.17, 15) is 0 Å². The molecular weight excluding hydrogens is 172 g/mol. The molecule has 2 atom stereocenters. The largest absolute Gasteiger partial charge is 0.360 e. The van der Waals surface area contributed by atoms with Crippen LogP contribution in [0, 0.1) is 11.8 Å². The van der Waals surface area contributed by atoms with Crippen LogP contribution in [0.2, 0.25) is 0 Å². The number of amidine groups is 1. The first-order valence-corrected chi connectivity index (χ1v) is 5.62. The van der Waals surface area contributed by atoms with E-state index < -0.39 is 0 Å². The Labute approximate surface area is 87.7 Å². The third kappa shape index (κ3) is 2.60. The predicted molar refractivity (Wildman–Crippen MR) is 62.4 cm³/mol. The molecule has 14 heavy (non-hydrogen) atoms. The molecule has 0 spiro atoms. The van der Waals surface area contributed by atoms with Gasteiger partial charge in [0, 0.05) is 25.2 Å². The summed E-state index contributed by atoms with van der Waals surface area (Å²) in [7, 11) is 0. The molecule has 1 aliphatic heterocycles. The highest BCUT2D eigenvalue weighted by molar-refractivity contribution is 5.85. The van der Waals surface area contributed by atoms with E-state index in [-0.39, 0.29) is 0 Å². The van der Waals surface area contributed by atoms with Gasteiger partial charge in [-0.3, -0.25) is 0 Å². The zero-order chi connectivity index (χ0) is 10.6. The average molecular weight is 194 g/mol. The second-order valence-corrected chi connectivity index (χ2v) is 4.32. The maximum atomic E-state index is 4.42. The van der Waals surface area contributed by atoms with Crippen LogP contribution >= 0.6 is 0 Å². The Hall–Kier alpha value is -0.790. The molecule has 1 heterocycles. The van der Waals surface area contributed by atoms with Gasteiger partial charge in [-0.2, -0.15) is 0 Å². The van der Waals surface area contributed by atoms with E-state index in [1.165, 1.54) is 12.3 Å². The van der Waals surface area contributed by atoms with Crippen molar-refractivity contribution in [2.45, 2.75) is 33.6 Å². The summed E-state index contributed by atoms with van der Waals surface area (Å²) in [6, 6.07) is 0. The van der Waals surface area contributed by atoms with Gasteiger partial charge in [-0.05, 0) is 18.8 Å². The van der Waals surface area contributed by atoms with Crippen LogP contribution in [-0.4, -0.2) is 23.8 Å².